The highest BCUT2D eigenvalue weighted by molar-refractivity contribution is 5.92. The van der Waals surface area contributed by atoms with Crippen LogP contribution in [0.4, 0.5) is 0 Å². The summed E-state index contributed by atoms with van der Waals surface area (Å²) in [6.45, 7) is 4.15. The van der Waals surface area contributed by atoms with E-state index in [2.05, 4.69) is 11.9 Å². The Morgan fingerprint density at radius 1 is 1.41 bits per heavy atom. The van der Waals surface area contributed by atoms with Crippen molar-refractivity contribution in [1.82, 2.24) is 4.98 Å². The van der Waals surface area contributed by atoms with Gasteiger partial charge in [-0.2, -0.15) is 0 Å². The van der Waals surface area contributed by atoms with Crippen molar-refractivity contribution in [2.24, 2.45) is 0 Å². The molecule has 2 heterocycles. The van der Waals surface area contributed by atoms with Crippen LogP contribution in [0.15, 0.2) is 28.8 Å². The molecule has 1 atom stereocenters. The molecule has 1 fully saturated rings. The molecule has 1 aromatic heterocycles. The second-order valence-corrected chi connectivity index (χ2v) is 5.67. The van der Waals surface area contributed by atoms with Crippen LogP contribution in [0.5, 0.6) is 5.75 Å². The van der Waals surface area contributed by atoms with E-state index in [1.54, 1.807) is 13.2 Å². The Morgan fingerprint density at radius 2 is 2.18 bits per heavy atom. The largest absolute Gasteiger partial charge is 0.496 e. The molecule has 4 heteroatoms. The molecule has 1 aliphatic rings. The van der Waals surface area contributed by atoms with Gasteiger partial charge < -0.3 is 14.5 Å². The number of ether oxygens (including phenoxy) is 2. The first-order valence-corrected chi connectivity index (χ1v) is 7.75. The van der Waals surface area contributed by atoms with E-state index < -0.39 is 0 Å². The van der Waals surface area contributed by atoms with Gasteiger partial charge in [-0.15, -0.1) is 0 Å². The topological polar surface area (TPSA) is 54.6 Å². The summed E-state index contributed by atoms with van der Waals surface area (Å²) >= 11 is 0. The lowest BCUT2D eigenvalue weighted by Crippen LogP contribution is -2.08. The molecule has 2 aromatic rings. The van der Waals surface area contributed by atoms with Crippen LogP contribution < -0.4 is 10.3 Å². The first kappa shape index (κ1) is 14.7. The second-order valence-electron chi connectivity index (χ2n) is 5.67. The van der Waals surface area contributed by atoms with Gasteiger partial charge in [0.1, 0.15) is 11.5 Å². The molecule has 1 N–H and O–H groups in total. The average Bonchev–Trinajstić information content (AvgIpc) is 3.20. The molecule has 0 radical (unpaired) electrons. The molecule has 0 aliphatic carbocycles. The molecule has 1 saturated heterocycles. The van der Waals surface area contributed by atoms with E-state index in [9.17, 15) is 4.79 Å². The third-order valence-electron chi connectivity index (χ3n) is 4.07. The van der Waals surface area contributed by atoms with Crippen LogP contribution in [-0.4, -0.2) is 18.2 Å². The summed E-state index contributed by atoms with van der Waals surface area (Å²) in [5.41, 5.74) is 2.73. The quantitative estimate of drug-likeness (QED) is 0.858. The molecule has 3 rings (SSSR count). The predicted molar refractivity (Wildman–Crippen MR) is 88.3 cm³/mol. The van der Waals surface area contributed by atoms with Crippen molar-refractivity contribution in [1.29, 1.82) is 0 Å². The van der Waals surface area contributed by atoms with E-state index in [-0.39, 0.29) is 11.7 Å². The minimum Gasteiger partial charge on any atom is -0.496 e. The van der Waals surface area contributed by atoms with Crippen molar-refractivity contribution < 1.29 is 9.47 Å². The van der Waals surface area contributed by atoms with Gasteiger partial charge in [-0.1, -0.05) is 13.3 Å². The van der Waals surface area contributed by atoms with Crippen molar-refractivity contribution in [3.8, 4) is 5.75 Å². The number of nitrogens with one attached hydrogen (secondary N) is 1. The van der Waals surface area contributed by atoms with Crippen LogP contribution in [-0.2, 0) is 11.2 Å². The Balaban J connectivity index is 2.22. The molecule has 4 nitrogen and oxygen atoms in total. The van der Waals surface area contributed by atoms with Gasteiger partial charge in [-0.3, -0.25) is 4.79 Å². The van der Waals surface area contributed by atoms with Gasteiger partial charge >= 0.3 is 0 Å². The lowest BCUT2D eigenvalue weighted by molar-refractivity contribution is 0.414. The molecular weight excluding hydrogens is 278 g/mol. The summed E-state index contributed by atoms with van der Waals surface area (Å²) in [4.78, 5) is 15.0. The highest BCUT2D eigenvalue weighted by atomic mass is 16.6. The number of benzene rings is 1. The van der Waals surface area contributed by atoms with Crippen molar-refractivity contribution >= 4 is 17.0 Å². The number of fused-ring (bicyclic) bond motifs is 1. The van der Waals surface area contributed by atoms with E-state index in [4.69, 9.17) is 9.47 Å². The highest BCUT2D eigenvalue weighted by Crippen LogP contribution is 2.35. The molecule has 0 bridgehead atoms. The second kappa shape index (κ2) is 5.87. The number of hydrogen-bond donors (Lipinski definition) is 1. The van der Waals surface area contributed by atoms with E-state index in [1.165, 1.54) is 0 Å². The predicted octanol–water partition coefficient (Wildman–Crippen LogP) is 3.64. The Hall–Kier alpha value is -2.23. The van der Waals surface area contributed by atoms with Crippen molar-refractivity contribution in [2.75, 3.05) is 7.11 Å². The van der Waals surface area contributed by atoms with Gasteiger partial charge in [-0.25, -0.2) is 0 Å². The van der Waals surface area contributed by atoms with Gasteiger partial charge in [0, 0.05) is 17.0 Å². The zero-order valence-electron chi connectivity index (χ0n) is 13.2. The molecule has 1 unspecified atom stereocenters. The molecular formula is C18H21NO3. The molecule has 1 aliphatic heterocycles. The fraction of sp³-hybridized carbons (Fsp3) is 0.389. The maximum atomic E-state index is 12.0. The summed E-state index contributed by atoms with van der Waals surface area (Å²) in [5, 5.41) is 1.08. The van der Waals surface area contributed by atoms with Gasteiger partial charge in [0.25, 0.3) is 0 Å². The number of methoxy groups -OCH3 is 1. The number of aromatic amines is 1. The number of unbranched alkanes of at least 4 members (excludes halogenated alkanes) is 1. The smallest absolute Gasteiger partial charge is 0.248 e. The summed E-state index contributed by atoms with van der Waals surface area (Å²) in [6.07, 6.45) is 5.20. The summed E-state index contributed by atoms with van der Waals surface area (Å²) in [7, 11) is 1.64. The molecule has 116 valence electrons. The monoisotopic (exact) mass is 299 g/mol. The van der Waals surface area contributed by atoms with Crippen molar-refractivity contribution in [3.63, 3.8) is 0 Å². The fourth-order valence-corrected chi connectivity index (χ4v) is 2.76. The molecule has 1 aromatic carbocycles. The third-order valence-corrected chi connectivity index (χ3v) is 4.07. The Bertz CT molecular complexity index is 789. The first-order valence-electron chi connectivity index (χ1n) is 7.75. The Morgan fingerprint density at radius 3 is 2.82 bits per heavy atom. The average molecular weight is 299 g/mol. The van der Waals surface area contributed by atoms with Crippen LogP contribution in [0.3, 0.4) is 0 Å². The maximum Gasteiger partial charge on any atom is 0.248 e. The number of aryl methyl sites for hydroxylation is 1. The standard InChI is InChI=1S/C18H21NO3/c1-4-5-6-12-9-17(20)19-18-13(12)7-8-15(21-3)14(18)10-16-11(2)22-16/h7-11H,4-6H2,1-3H3,(H,19,20). The number of H-pyrrole nitrogens is 1. The molecule has 22 heavy (non-hydrogen) atoms. The van der Waals surface area contributed by atoms with E-state index >= 15 is 0 Å². The van der Waals surface area contributed by atoms with E-state index in [0.29, 0.717) is 0 Å². The first-order chi connectivity index (χ1) is 10.6. The van der Waals surface area contributed by atoms with Crippen LogP contribution in [0.2, 0.25) is 0 Å². The minimum atomic E-state index is -0.0729. The third kappa shape index (κ3) is 2.73. The number of hydrogen-bond acceptors (Lipinski definition) is 3. The fourth-order valence-electron chi connectivity index (χ4n) is 2.76. The Kier molecular flexibility index (Phi) is 3.92. The molecule has 0 amide bonds. The lowest BCUT2D eigenvalue weighted by atomic mass is 10.00. The maximum absolute atomic E-state index is 12.0. The molecule has 0 spiro atoms. The zero-order valence-corrected chi connectivity index (χ0v) is 13.2. The lowest BCUT2D eigenvalue weighted by Gasteiger charge is -2.11. The number of aromatic nitrogens is 1. The summed E-state index contributed by atoms with van der Waals surface area (Å²) < 4.78 is 10.9. The van der Waals surface area contributed by atoms with Crippen molar-refractivity contribution in [2.45, 2.75) is 39.2 Å². The summed E-state index contributed by atoms with van der Waals surface area (Å²) in [6, 6.07) is 5.68. The zero-order chi connectivity index (χ0) is 15.7. The van der Waals surface area contributed by atoms with Gasteiger partial charge in [-0.05, 0) is 43.5 Å². The van der Waals surface area contributed by atoms with E-state index in [1.807, 2.05) is 25.1 Å². The SMILES string of the molecule is CCCCc1cc(=O)[nH]c2c(C=C3OC3C)c(OC)ccc12. The van der Waals surface area contributed by atoms with Gasteiger partial charge in [0.2, 0.25) is 5.56 Å². The van der Waals surface area contributed by atoms with E-state index in [0.717, 1.165) is 52.8 Å². The normalized spacial score (nSPS) is 18.5. The Labute approximate surface area is 129 Å². The minimum absolute atomic E-state index is 0.0729. The van der Waals surface area contributed by atoms with Crippen LogP contribution >= 0.6 is 0 Å². The highest BCUT2D eigenvalue weighted by Gasteiger charge is 2.27. The number of pyridine rings is 1. The molecule has 0 saturated carbocycles. The van der Waals surface area contributed by atoms with Crippen LogP contribution in [0.1, 0.15) is 37.8 Å². The van der Waals surface area contributed by atoms with Gasteiger partial charge in [0.15, 0.2) is 6.10 Å². The van der Waals surface area contributed by atoms with Crippen LogP contribution in [0.25, 0.3) is 17.0 Å². The number of rotatable bonds is 5. The number of epoxide rings is 1. The van der Waals surface area contributed by atoms with Gasteiger partial charge in [0.05, 0.1) is 12.6 Å². The van der Waals surface area contributed by atoms with Crippen LogP contribution in [0, 0.1) is 0 Å². The summed E-state index contributed by atoms with van der Waals surface area (Å²) in [5.74, 6) is 1.66. The van der Waals surface area contributed by atoms with Crippen molar-refractivity contribution in [3.05, 3.63) is 45.4 Å².